The molecule has 3 N–H and O–H groups in total. The zero-order chi connectivity index (χ0) is 32.3. The van der Waals surface area contributed by atoms with Gasteiger partial charge in [0.2, 0.25) is 5.91 Å². The number of nitrogens with zero attached hydrogens (tertiary/aromatic N) is 3. The number of aromatic nitrogens is 3. The lowest BCUT2D eigenvalue weighted by Crippen LogP contribution is -2.55. The Morgan fingerprint density at radius 2 is 1.85 bits per heavy atom. The molecule has 2 aliphatic rings. The van der Waals surface area contributed by atoms with E-state index in [-0.39, 0.29) is 11.8 Å². The van der Waals surface area contributed by atoms with Gasteiger partial charge in [-0.2, -0.15) is 0 Å². The predicted molar refractivity (Wildman–Crippen MR) is 177 cm³/mol. The van der Waals surface area contributed by atoms with Gasteiger partial charge in [0.25, 0.3) is 5.91 Å². The summed E-state index contributed by atoms with van der Waals surface area (Å²) in [7, 11) is 2.01. The first-order valence-electron chi connectivity index (χ1n) is 16.0. The van der Waals surface area contributed by atoms with Gasteiger partial charge in [0.05, 0.1) is 18.5 Å². The Morgan fingerprint density at radius 3 is 2.54 bits per heavy atom. The number of aliphatic carboxylic acids is 1. The summed E-state index contributed by atoms with van der Waals surface area (Å²) < 4.78 is 7.82. The van der Waals surface area contributed by atoms with Crippen LogP contribution in [0.15, 0.2) is 61.1 Å². The summed E-state index contributed by atoms with van der Waals surface area (Å²) >= 11 is 0. The number of carboxylic acids is 1. The molecule has 4 aromatic rings. The summed E-state index contributed by atoms with van der Waals surface area (Å²) in [4.78, 5) is 47.6. The number of fused-ring (bicyclic) bond motifs is 1. The Morgan fingerprint density at radius 1 is 1.07 bits per heavy atom. The summed E-state index contributed by atoms with van der Waals surface area (Å²) in [6.45, 7) is 2.21. The number of amides is 2. The molecule has 0 spiro atoms. The van der Waals surface area contributed by atoms with Crippen LogP contribution in [-0.2, 0) is 16.6 Å². The molecular weight excluding hydrogens is 582 g/mol. The van der Waals surface area contributed by atoms with E-state index in [0.29, 0.717) is 47.9 Å². The van der Waals surface area contributed by atoms with Crippen molar-refractivity contribution in [3.05, 3.63) is 77.8 Å². The molecule has 2 saturated carbocycles. The zero-order valence-corrected chi connectivity index (χ0v) is 26.2. The van der Waals surface area contributed by atoms with Crippen LogP contribution in [0.5, 0.6) is 5.75 Å². The van der Waals surface area contributed by atoms with Crippen LogP contribution in [0.3, 0.4) is 0 Å². The second-order valence-corrected chi connectivity index (χ2v) is 12.2. The third-order valence-electron chi connectivity index (χ3n) is 9.29. The van der Waals surface area contributed by atoms with Crippen LogP contribution in [0.2, 0.25) is 0 Å². The molecule has 2 fully saturated rings. The number of aryl methyl sites for hydroxylation is 1. The smallest absolute Gasteiger partial charge is 0.328 e. The molecule has 238 valence electrons. The van der Waals surface area contributed by atoms with Crippen LogP contribution in [0.25, 0.3) is 28.4 Å². The van der Waals surface area contributed by atoms with Crippen molar-refractivity contribution in [3.8, 4) is 17.1 Å². The summed E-state index contributed by atoms with van der Waals surface area (Å²) in [5.41, 5.74) is 4.58. The number of carbonyl (C=O) groups excluding carboxylic acids is 2. The molecule has 0 atom stereocenters. The largest absolute Gasteiger partial charge is 0.493 e. The minimum Gasteiger partial charge on any atom is -0.493 e. The molecule has 0 radical (unpaired) electrons. The maximum Gasteiger partial charge on any atom is 0.328 e. The zero-order valence-electron chi connectivity index (χ0n) is 26.2. The molecule has 2 aromatic heterocycles. The van der Waals surface area contributed by atoms with Gasteiger partial charge in [-0.1, -0.05) is 31.7 Å². The number of hydrogen-bond donors (Lipinski definition) is 3. The quantitative estimate of drug-likeness (QED) is 0.173. The number of anilines is 1. The lowest BCUT2D eigenvalue weighted by atomic mass is 9.92. The summed E-state index contributed by atoms with van der Waals surface area (Å²) in [5, 5.41) is 16.2. The third-order valence-corrected chi connectivity index (χ3v) is 9.29. The van der Waals surface area contributed by atoms with Crippen molar-refractivity contribution in [1.82, 2.24) is 19.9 Å². The van der Waals surface area contributed by atoms with Gasteiger partial charge in [0.1, 0.15) is 17.0 Å². The number of hydrogen-bond acceptors (Lipinski definition) is 6. The highest BCUT2D eigenvalue weighted by atomic mass is 16.5. The summed E-state index contributed by atoms with van der Waals surface area (Å²) in [6, 6.07) is 10.9. The predicted octanol–water partition coefficient (Wildman–Crippen LogP) is 6.47. The lowest BCUT2D eigenvalue weighted by molar-refractivity contribution is -0.131. The minimum atomic E-state index is -1.06. The van der Waals surface area contributed by atoms with E-state index in [4.69, 9.17) is 9.84 Å². The van der Waals surface area contributed by atoms with Gasteiger partial charge in [-0.25, -0.2) is 4.79 Å². The van der Waals surface area contributed by atoms with Gasteiger partial charge in [-0.05, 0) is 74.4 Å². The van der Waals surface area contributed by atoms with Crippen LogP contribution in [0.4, 0.5) is 5.69 Å². The van der Waals surface area contributed by atoms with Crippen molar-refractivity contribution in [3.63, 3.8) is 0 Å². The number of ether oxygens (including phenoxy) is 1. The van der Waals surface area contributed by atoms with Crippen molar-refractivity contribution in [2.24, 2.45) is 7.05 Å². The van der Waals surface area contributed by atoms with Crippen LogP contribution in [-0.4, -0.2) is 49.6 Å². The molecule has 0 aliphatic heterocycles. The van der Waals surface area contributed by atoms with E-state index in [0.717, 1.165) is 54.1 Å². The molecule has 46 heavy (non-hydrogen) atoms. The Labute approximate surface area is 267 Å². The standard InChI is InChI=1S/C36H39N5O5/c1-3-46-30-21-26(13-10-23(30)12-15-31(42)43)39-35(45)36(16-6-7-17-36)40-34(44)25-11-14-27-29(20-25)41(2)33(28-22-37-18-19-38-28)32(27)24-8-4-5-9-24/h10-15,18-22,24H,3-9,16-17H2,1-2H3,(H,39,45)(H,40,44)(H,42,43)/b15-12+. The first kappa shape index (κ1) is 31.0. The van der Waals surface area contributed by atoms with E-state index in [1.165, 1.54) is 24.5 Å². The second-order valence-electron chi connectivity index (χ2n) is 12.2. The number of carboxylic acid groups (broad SMARTS) is 1. The van der Waals surface area contributed by atoms with Crippen LogP contribution in [0, 0.1) is 0 Å². The number of nitrogens with one attached hydrogen (secondary N) is 2. The molecule has 2 amide bonds. The highest BCUT2D eigenvalue weighted by Gasteiger charge is 2.43. The molecule has 0 unspecified atom stereocenters. The van der Waals surface area contributed by atoms with Gasteiger partial charge in [0.15, 0.2) is 0 Å². The first-order valence-corrected chi connectivity index (χ1v) is 16.0. The molecule has 2 aliphatic carbocycles. The van der Waals surface area contributed by atoms with Crippen molar-refractivity contribution in [2.75, 3.05) is 11.9 Å². The molecule has 6 rings (SSSR count). The number of carbonyl (C=O) groups is 3. The summed E-state index contributed by atoms with van der Waals surface area (Å²) in [5.74, 6) is -0.770. The fraction of sp³-hybridized carbons (Fsp3) is 0.361. The normalized spacial score (nSPS) is 16.2. The average molecular weight is 622 g/mol. The fourth-order valence-corrected chi connectivity index (χ4v) is 7.08. The van der Waals surface area contributed by atoms with Gasteiger partial charge >= 0.3 is 5.97 Å². The maximum absolute atomic E-state index is 13.8. The molecular formula is C36H39N5O5. The third kappa shape index (κ3) is 6.11. The Balaban J connectivity index is 1.28. The molecule has 10 nitrogen and oxygen atoms in total. The Hall–Kier alpha value is -4.99. The average Bonchev–Trinajstić information content (AvgIpc) is 3.82. The Kier molecular flexibility index (Phi) is 8.87. The van der Waals surface area contributed by atoms with Crippen LogP contribution >= 0.6 is 0 Å². The monoisotopic (exact) mass is 621 g/mol. The molecule has 0 bridgehead atoms. The van der Waals surface area contributed by atoms with Crippen molar-refractivity contribution in [1.29, 1.82) is 0 Å². The molecule has 10 heteroatoms. The second kappa shape index (κ2) is 13.2. The van der Waals surface area contributed by atoms with E-state index < -0.39 is 11.5 Å². The van der Waals surface area contributed by atoms with E-state index in [1.807, 2.05) is 32.2 Å². The van der Waals surface area contributed by atoms with Gasteiger partial charge in [0, 0.05) is 59.3 Å². The van der Waals surface area contributed by atoms with E-state index in [1.54, 1.807) is 36.8 Å². The first-order chi connectivity index (χ1) is 22.3. The lowest BCUT2D eigenvalue weighted by Gasteiger charge is -2.29. The van der Waals surface area contributed by atoms with Gasteiger partial charge in [-0.3, -0.25) is 19.6 Å². The highest BCUT2D eigenvalue weighted by Crippen LogP contribution is 2.44. The highest BCUT2D eigenvalue weighted by molar-refractivity contribution is 6.06. The molecule has 2 heterocycles. The van der Waals surface area contributed by atoms with Crippen molar-refractivity contribution < 1.29 is 24.2 Å². The topological polar surface area (TPSA) is 135 Å². The minimum absolute atomic E-state index is 0.289. The summed E-state index contributed by atoms with van der Waals surface area (Å²) in [6.07, 6.45) is 15.0. The SMILES string of the molecule is CCOc1cc(NC(=O)C2(NC(=O)c3ccc4c(C5CCCC5)c(-c5cnccn5)n(C)c4c3)CCCC2)ccc1/C=C/C(=O)O. The van der Waals surface area contributed by atoms with Gasteiger partial charge in [-0.15, -0.1) is 0 Å². The number of benzene rings is 2. The Bertz CT molecular complexity index is 1800. The molecule has 2 aromatic carbocycles. The van der Waals surface area contributed by atoms with Crippen molar-refractivity contribution >= 4 is 40.4 Å². The van der Waals surface area contributed by atoms with E-state index in [2.05, 4.69) is 25.2 Å². The van der Waals surface area contributed by atoms with Crippen molar-refractivity contribution in [2.45, 2.75) is 69.7 Å². The van der Waals surface area contributed by atoms with E-state index >= 15 is 0 Å². The van der Waals surface area contributed by atoms with Crippen LogP contribution < -0.4 is 15.4 Å². The van der Waals surface area contributed by atoms with Gasteiger partial charge < -0.3 is 25.0 Å². The van der Waals surface area contributed by atoms with E-state index in [9.17, 15) is 14.4 Å². The number of rotatable bonds is 10. The maximum atomic E-state index is 13.8. The fourth-order valence-electron chi connectivity index (χ4n) is 7.08. The molecule has 0 saturated heterocycles. The van der Waals surface area contributed by atoms with Crippen LogP contribution in [0.1, 0.15) is 85.7 Å².